The number of nitrogens with one attached hydrogen (secondary N) is 1. The molecule has 1 saturated heterocycles. The van der Waals surface area contributed by atoms with Crippen molar-refractivity contribution in [2.45, 2.75) is 70.1 Å². The zero-order valence-electron chi connectivity index (χ0n) is 27.6. The maximum atomic E-state index is 13.8. The third kappa shape index (κ3) is 10.7. The van der Waals surface area contributed by atoms with Crippen LogP contribution in [-0.4, -0.2) is 106 Å². The van der Waals surface area contributed by atoms with E-state index in [0.29, 0.717) is 18.1 Å². The van der Waals surface area contributed by atoms with Crippen LogP contribution in [0.15, 0.2) is 47.4 Å². The maximum absolute atomic E-state index is 13.8. The van der Waals surface area contributed by atoms with Crippen LogP contribution < -0.4 is 19.5 Å². The third-order valence-corrected chi connectivity index (χ3v) is 9.31. The molecule has 12 nitrogen and oxygen atoms in total. The zero-order chi connectivity index (χ0) is 33.3. The van der Waals surface area contributed by atoms with Crippen molar-refractivity contribution in [1.82, 2.24) is 14.5 Å². The zero-order valence-corrected chi connectivity index (χ0v) is 28.4. The van der Waals surface area contributed by atoms with Crippen LogP contribution in [0.1, 0.15) is 46.6 Å². The molecular formula is C33H49N3O9S. The van der Waals surface area contributed by atoms with Gasteiger partial charge in [-0.05, 0) is 69.4 Å². The minimum atomic E-state index is -4.03. The van der Waals surface area contributed by atoms with E-state index in [0.717, 1.165) is 50.6 Å². The number of sulfonamides is 1. The minimum Gasteiger partial charge on any atom is -0.494 e. The number of rotatable bonds is 15. The van der Waals surface area contributed by atoms with E-state index in [1.807, 2.05) is 38.1 Å². The molecule has 2 aromatic carbocycles. The van der Waals surface area contributed by atoms with Gasteiger partial charge in [-0.2, -0.15) is 4.31 Å². The van der Waals surface area contributed by atoms with Crippen molar-refractivity contribution < 1.29 is 42.0 Å². The lowest BCUT2D eigenvalue weighted by molar-refractivity contribution is 0.0358. The van der Waals surface area contributed by atoms with Crippen LogP contribution >= 0.6 is 0 Å². The van der Waals surface area contributed by atoms with Gasteiger partial charge in [-0.25, -0.2) is 13.2 Å². The van der Waals surface area contributed by atoms with Gasteiger partial charge in [0.25, 0.3) is 0 Å². The molecular weight excluding hydrogens is 614 g/mol. The van der Waals surface area contributed by atoms with Crippen molar-refractivity contribution in [1.29, 1.82) is 0 Å². The highest BCUT2D eigenvalue weighted by Crippen LogP contribution is 2.35. The molecule has 46 heavy (non-hydrogen) atoms. The van der Waals surface area contributed by atoms with Crippen LogP contribution in [0.25, 0.3) is 0 Å². The monoisotopic (exact) mass is 663 g/mol. The number of fused-ring (bicyclic) bond motifs is 1. The number of hydrogen-bond donors (Lipinski definition) is 2. The molecule has 1 amide bonds. The number of amides is 1. The van der Waals surface area contributed by atoms with Gasteiger partial charge in [0, 0.05) is 38.8 Å². The number of morpholine rings is 1. The van der Waals surface area contributed by atoms with E-state index in [2.05, 4.69) is 10.2 Å². The first-order valence-electron chi connectivity index (χ1n) is 15.9. The van der Waals surface area contributed by atoms with Crippen molar-refractivity contribution in [3.05, 3.63) is 48.0 Å². The average Bonchev–Trinajstić information content (AvgIpc) is 3.47. The molecule has 2 aromatic rings. The van der Waals surface area contributed by atoms with E-state index < -0.39 is 33.9 Å². The summed E-state index contributed by atoms with van der Waals surface area (Å²) in [6.07, 6.45) is -0.827. The van der Waals surface area contributed by atoms with Crippen molar-refractivity contribution in [3.8, 4) is 17.2 Å². The molecule has 2 unspecified atom stereocenters. The molecule has 13 heteroatoms. The molecule has 2 heterocycles. The summed E-state index contributed by atoms with van der Waals surface area (Å²) in [4.78, 5) is 15.2. The first-order valence-corrected chi connectivity index (χ1v) is 17.3. The molecule has 0 radical (unpaired) electrons. The van der Waals surface area contributed by atoms with Crippen molar-refractivity contribution in [3.63, 3.8) is 0 Å². The van der Waals surface area contributed by atoms with E-state index >= 15 is 0 Å². The number of nitrogens with zero attached hydrogens (tertiary/aromatic N) is 2. The Bertz CT molecular complexity index is 1370. The average molecular weight is 664 g/mol. The summed E-state index contributed by atoms with van der Waals surface area (Å²) in [5.41, 5.74) is 0.0713. The molecule has 2 atom stereocenters. The molecule has 2 aliphatic rings. The van der Waals surface area contributed by atoms with E-state index in [9.17, 15) is 18.3 Å². The normalized spacial score (nSPS) is 16.8. The van der Waals surface area contributed by atoms with Gasteiger partial charge in [0.15, 0.2) is 11.5 Å². The number of carbonyl (C=O) groups is 1. The fourth-order valence-corrected chi connectivity index (χ4v) is 6.86. The van der Waals surface area contributed by atoms with Crippen LogP contribution in [0.3, 0.4) is 0 Å². The van der Waals surface area contributed by atoms with Crippen LogP contribution in [0.4, 0.5) is 4.79 Å². The van der Waals surface area contributed by atoms with E-state index in [1.54, 1.807) is 26.8 Å². The van der Waals surface area contributed by atoms with Gasteiger partial charge in [-0.3, -0.25) is 4.90 Å². The molecule has 0 aromatic heterocycles. The Morgan fingerprint density at radius 3 is 2.41 bits per heavy atom. The van der Waals surface area contributed by atoms with Gasteiger partial charge in [0.05, 0.1) is 36.9 Å². The highest BCUT2D eigenvalue weighted by atomic mass is 32.2. The van der Waals surface area contributed by atoms with Crippen LogP contribution in [0, 0.1) is 5.92 Å². The Labute approximate surface area is 272 Å². The van der Waals surface area contributed by atoms with Gasteiger partial charge in [0.2, 0.25) is 16.8 Å². The quantitative estimate of drug-likeness (QED) is 0.272. The first-order chi connectivity index (χ1) is 21.8. The highest BCUT2D eigenvalue weighted by Gasteiger charge is 2.33. The van der Waals surface area contributed by atoms with Crippen molar-refractivity contribution in [2.75, 3.05) is 59.3 Å². The summed E-state index contributed by atoms with van der Waals surface area (Å²) >= 11 is 0. The lowest BCUT2D eigenvalue weighted by atomic mass is 10.0. The summed E-state index contributed by atoms with van der Waals surface area (Å²) in [7, 11) is -4.03. The summed E-state index contributed by atoms with van der Waals surface area (Å²) in [5, 5.41) is 14.3. The molecule has 1 fully saturated rings. The number of aliphatic hydroxyl groups excluding tert-OH is 1. The number of alkyl carbamates (subject to hydrolysis) is 1. The Hall–Kier alpha value is -3.10. The van der Waals surface area contributed by atoms with Crippen LogP contribution in [0.5, 0.6) is 17.2 Å². The van der Waals surface area contributed by atoms with E-state index in [1.165, 1.54) is 16.4 Å². The fourth-order valence-electron chi connectivity index (χ4n) is 5.22. The van der Waals surface area contributed by atoms with Crippen LogP contribution in [0.2, 0.25) is 0 Å². The molecule has 0 bridgehead atoms. The fraction of sp³-hybridized carbons (Fsp3) is 0.606. The second kappa shape index (κ2) is 16.1. The molecule has 4 rings (SSSR count). The summed E-state index contributed by atoms with van der Waals surface area (Å²) in [5.74, 6) is 1.51. The maximum Gasteiger partial charge on any atom is 0.407 e. The second-order valence-electron chi connectivity index (χ2n) is 13.1. The number of hydrogen-bond acceptors (Lipinski definition) is 10. The predicted molar refractivity (Wildman–Crippen MR) is 173 cm³/mol. The number of benzene rings is 2. The van der Waals surface area contributed by atoms with Gasteiger partial charge in [-0.15, -0.1) is 0 Å². The molecule has 0 aliphatic carbocycles. The number of ether oxygens (including phenoxy) is 5. The third-order valence-electron chi connectivity index (χ3n) is 7.48. The standard InChI is InChI=1S/C33H49N3O9S/c1-24(2)21-36(46(39,40)27-11-12-30-31(20-27)44-23-43-30)22-29(37)28(34-32(38)45-33(3,4)5)19-25-7-9-26(10-8-25)42-16-6-13-35-14-17-41-18-15-35/h7-12,20,24,28-29,37H,6,13-19,21-23H2,1-5H3,(H,34,38). The predicted octanol–water partition coefficient (Wildman–Crippen LogP) is 3.66. The summed E-state index contributed by atoms with van der Waals surface area (Å²) in [6, 6.07) is 11.1. The Balaban J connectivity index is 1.44. The Kier molecular flexibility index (Phi) is 12.5. The lowest BCUT2D eigenvalue weighted by Gasteiger charge is -2.31. The van der Waals surface area contributed by atoms with Crippen molar-refractivity contribution in [2.24, 2.45) is 5.92 Å². The van der Waals surface area contributed by atoms with Crippen LogP contribution in [-0.2, 0) is 25.9 Å². The number of aliphatic hydroxyl groups is 1. The molecule has 0 spiro atoms. The summed E-state index contributed by atoms with van der Waals surface area (Å²) < 4.78 is 56.4. The van der Waals surface area contributed by atoms with Crippen molar-refractivity contribution >= 4 is 16.1 Å². The van der Waals surface area contributed by atoms with E-state index in [4.69, 9.17) is 23.7 Å². The Morgan fingerprint density at radius 2 is 1.74 bits per heavy atom. The molecule has 0 saturated carbocycles. The molecule has 2 N–H and O–H groups in total. The first kappa shape index (κ1) is 35.7. The molecule has 2 aliphatic heterocycles. The Morgan fingerprint density at radius 1 is 1.04 bits per heavy atom. The van der Waals surface area contributed by atoms with Gasteiger partial charge < -0.3 is 34.1 Å². The van der Waals surface area contributed by atoms with Gasteiger partial charge >= 0.3 is 6.09 Å². The SMILES string of the molecule is CC(C)CN(CC(O)C(Cc1ccc(OCCCN2CCOCC2)cc1)NC(=O)OC(C)(C)C)S(=O)(=O)c1ccc2c(c1)OCO2. The summed E-state index contributed by atoms with van der Waals surface area (Å²) in [6.45, 7) is 13.9. The molecule has 256 valence electrons. The largest absolute Gasteiger partial charge is 0.494 e. The smallest absolute Gasteiger partial charge is 0.407 e. The highest BCUT2D eigenvalue weighted by molar-refractivity contribution is 7.89. The van der Waals surface area contributed by atoms with Gasteiger partial charge in [0.1, 0.15) is 11.4 Å². The van der Waals surface area contributed by atoms with E-state index in [-0.39, 0.29) is 37.1 Å². The van der Waals surface area contributed by atoms with Gasteiger partial charge in [-0.1, -0.05) is 26.0 Å². The second-order valence-corrected chi connectivity index (χ2v) is 15.0. The minimum absolute atomic E-state index is 0.0211. The number of carbonyl (C=O) groups excluding carboxylic acids is 1. The topological polar surface area (TPSA) is 136 Å². The lowest BCUT2D eigenvalue weighted by Crippen LogP contribution is -2.51.